The van der Waals surface area contributed by atoms with Crippen molar-refractivity contribution in [3.05, 3.63) is 30.5 Å². The zero-order valence-electron chi connectivity index (χ0n) is 11.4. The molecule has 0 saturated heterocycles. The van der Waals surface area contributed by atoms with Crippen LogP contribution < -0.4 is 3.78 Å². The van der Waals surface area contributed by atoms with Crippen LogP contribution in [-0.4, -0.2) is 26.3 Å². The average Bonchev–Trinajstić information content (AvgIpc) is 2.82. The van der Waals surface area contributed by atoms with E-state index in [9.17, 15) is 0 Å². The molecule has 0 unspecified atom stereocenters. The van der Waals surface area contributed by atoms with Crippen molar-refractivity contribution in [3.8, 4) is 0 Å². The molecule has 1 heterocycles. The van der Waals surface area contributed by atoms with Gasteiger partial charge in [-0.3, -0.25) is 0 Å². The van der Waals surface area contributed by atoms with E-state index >= 15 is 0 Å². The molecule has 3 heteroatoms. The number of allylic oxidation sites excluding steroid dienone is 3. The summed E-state index contributed by atoms with van der Waals surface area (Å²) < 4.78 is 7.82. The van der Waals surface area contributed by atoms with Gasteiger partial charge in [0.15, 0.2) is 0 Å². The van der Waals surface area contributed by atoms with Crippen LogP contribution in [0.25, 0.3) is 5.57 Å². The van der Waals surface area contributed by atoms with Crippen molar-refractivity contribution in [2.24, 2.45) is 0 Å². The van der Waals surface area contributed by atoms with E-state index in [0.29, 0.717) is 0 Å². The third-order valence-electron chi connectivity index (χ3n) is 2.17. The number of nitrogens with zero attached hydrogens (tertiary/aromatic N) is 1. The van der Waals surface area contributed by atoms with Crippen LogP contribution in [0.1, 0.15) is 46.2 Å². The number of rotatable bonds is 6. The zero-order chi connectivity index (χ0) is 13.1. The number of hydrogen-bond acceptors (Lipinski definition) is 2. The van der Waals surface area contributed by atoms with Crippen LogP contribution >= 0.6 is 0 Å². The van der Waals surface area contributed by atoms with Gasteiger partial charge in [0.2, 0.25) is 0 Å². The molecule has 0 aromatic carbocycles. The van der Waals surface area contributed by atoms with Gasteiger partial charge in [-0.25, -0.2) is 0 Å². The van der Waals surface area contributed by atoms with Gasteiger partial charge in [0.05, 0.1) is 0 Å². The van der Waals surface area contributed by atoms with Crippen LogP contribution in [0.2, 0.25) is 4.44 Å². The first kappa shape index (κ1) is 16.5. The molecule has 0 saturated carbocycles. The predicted molar refractivity (Wildman–Crippen MR) is 76.8 cm³/mol. The number of unbranched alkanes of at least 4 members (excludes halogenated alkanes) is 1. The molecule has 2 radical (unpaired) electrons. The molecule has 1 aromatic rings. The smallest absolute Gasteiger partial charge is 0.0683 e. The van der Waals surface area contributed by atoms with E-state index in [-0.39, 0.29) is 0 Å². The Bertz CT molecular complexity index is 342. The summed E-state index contributed by atoms with van der Waals surface area (Å²) in [4.78, 5) is 0. The minimum absolute atomic E-state index is 0.513. The fourth-order valence-corrected chi connectivity index (χ4v) is 4.47. The molecule has 17 heavy (non-hydrogen) atoms. The van der Waals surface area contributed by atoms with Gasteiger partial charge in [0.1, 0.15) is 0 Å². The minimum atomic E-state index is -0.513. The average molecular weight is 340 g/mol. The van der Waals surface area contributed by atoms with E-state index in [1.807, 2.05) is 32.9 Å². The third kappa shape index (κ3) is 6.10. The first-order chi connectivity index (χ1) is 8.31. The topological polar surface area (TPSA) is 26.0 Å². The van der Waals surface area contributed by atoms with Gasteiger partial charge in [0, 0.05) is 0 Å². The molecule has 0 amide bonds. The second-order valence-corrected chi connectivity index (χ2v) is 7.15. The zero-order valence-corrected chi connectivity index (χ0v) is 14.3. The molecule has 2 nitrogen and oxygen atoms in total. The van der Waals surface area contributed by atoms with Crippen LogP contribution in [0.15, 0.2) is 29.3 Å². The Morgan fingerprint density at radius 1 is 1.53 bits per heavy atom. The quantitative estimate of drug-likeness (QED) is 0.447. The summed E-state index contributed by atoms with van der Waals surface area (Å²) in [5, 5.41) is 4.06. The van der Waals surface area contributed by atoms with Crippen LogP contribution in [-0.2, 0) is 0 Å². The summed E-state index contributed by atoms with van der Waals surface area (Å²) in [7, 11) is 0. The second kappa shape index (κ2) is 10.6. The third-order valence-corrected chi connectivity index (χ3v) is 5.56. The largest absolute Gasteiger partial charge is 0.0683 e. The minimum Gasteiger partial charge on any atom is -0.0683 e. The maximum atomic E-state index is 5.33. The van der Waals surface area contributed by atoms with E-state index in [1.54, 1.807) is 0 Å². The molecule has 0 atom stereocenters. The van der Waals surface area contributed by atoms with Gasteiger partial charge in [0.25, 0.3) is 0 Å². The van der Waals surface area contributed by atoms with Crippen molar-refractivity contribution < 1.29 is 4.52 Å². The van der Waals surface area contributed by atoms with E-state index in [1.165, 1.54) is 17.3 Å². The normalized spacial score (nSPS) is 10.7. The second-order valence-electron chi connectivity index (χ2n) is 3.30. The van der Waals surface area contributed by atoms with Crippen LogP contribution in [0, 0.1) is 0 Å². The van der Waals surface area contributed by atoms with Crippen molar-refractivity contribution in [2.45, 2.75) is 45.0 Å². The predicted octanol–water partition coefficient (Wildman–Crippen LogP) is 3.84. The molecule has 1 rings (SSSR count). The molecule has 0 aliphatic rings. The van der Waals surface area contributed by atoms with E-state index in [2.05, 4.69) is 24.7 Å². The van der Waals surface area contributed by atoms with Gasteiger partial charge < -0.3 is 0 Å². The maximum Gasteiger partial charge on any atom is -0.0683 e. The molecular formula is C14H23NOSn. The van der Waals surface area contributed by atoms with E-state index < -0.39 is 21.1 Å². The maximum absolute atomic E-state index is 5.33. The van der Waals surface area contributed by atoms with Crippen molar-refractivity contribution in [1.29, 1.82) is 0 Å². The van der Waals surface area contributed by atoms with Gasteiger partial charge in [-0.1, -0.05) is 13.8 Å². The molecule has 0 aliphatic heterocycles. The SMILES string of the molecule is C=C/C(=C\C)c1c[c]([Sn][CH2]CCC)on1.CC. The van der Waals surface area contributed by atoms with Crippen molar-refractivity contribution in [2.75, 3.05) is 0 Å². The summed E-state index contributed by atoms with van der Waals surface area (Å²) in [6.07, 6.45) is 6.42. The molecule has 0 spiro atoms. The molecule has 0 aliphatic carbocycles. The molecule has 1 aromatic heterocycles. The van der Waals surface area contributed by atoms with Crippen LogP contribution in [0.4, 0.5) is 0 Å². The van der Waals surface area contributed by atoms with Crippen molar-refractivity contribution >= 4 is 30.5 Å². The summed E-state index contributed by atoms with van der Waals surface area (Å²) in [5.41, 5.74) is 1.99. The van der Waals surface area contributed by atoms with Crippen LogP contribution in [0.3, 0.4) is 0 Å². The van der Waals surface area contributed by atoms with Crippen molar-refractivity contribution in [3.63, 3.8) is 0 Å². The molecule has 94 valence electrons. The summed E-state index contributed by atoms with van der Waals surface area (Å²) >= 11 is -0.513. The first-order valence-electron chi connectivity index (χ1n) is 6.31. The van der Waals surface area contributed by atoms with Crippen LogP contribution in [0.5, 0.6) is 0 Å². The fourth-order valence-electron chi connectivity index (χ4n) is 1.25. The molecule has 0 bridgehead atoms. The summed E-state index contributed by atoms with van der Waals surface area (Å²) in [5.74, 6) is 0. The molecule has 0 fully saturated rings. The molecular weight excluding hydrogens is 317 g/mol. The Labute approximate surface area is 115 Å². The van der Waals surface area contributed by atoms with Crippen molar-refractivity contribution in [1.82, 2.24) is 5.16 Å². The standard InChI is InChI=1S/C8H8NO.C4H9.C2H6.Sn/c1-3-7(4-2)8-5-6-10-9-8;1-3-4-2;1-2;/h3-5H,1H2,2H3;1,3-4H2,2H3;1-2H3;/b7-4+;;;. The number of hydrogen-bond donors (Lipinski definition) is 0. The Kier molecular flexibility index (Phi) is 10.3. The monoisotopic (exact) mass is 341 g/mol. The van der Waals surface area contributed by atoms with Gasteiger partial charge in [-0.05, 0) is 0 Å². The van der Waals surface area contributed by atoms with Gasteiger partial charge >= 0.3 is 102 Å². The Balaban J connectivity index is 0.00000121. The van der Waals surface area contributed by atoms with E-state index in [4.69, 9.17) is 4.52 Å². The Hall–Kier alpha value is -0.511. The summed E-state index contributed by atoms with van der Waals surface area (Å²) in [6, 6.07) is 2.08. The molecule has 0 N–H and O–H groups in total. The first-order valence-corrected chi connectivity index (χ1v) is 9.76. The Morgan fingerprint density at radius 3 is 2.76 bits per heavy atom. The van der Waals surface area contributed by atoms with Gasteiger partial charge in [-0.15, -0.1) is 0 Å². The fraction of sp³-hybridized carbons (Fsp3) is 0.500. The number of aromatic nitrogens is 1. The van der Waals surface area contributed by atoms with E-state index in [0.717, 1.165) is 15.0 Å². The Morgan fingerprint density at radius 2 is 2.24 bits per heavy atom. The summed E-state index contributed by atoms with van der Waals surface area (Å²) in [6.45, 7) is 12.0. The van der Waals surface area contributed by atoms with Gasteiger partial charge in [-0.2, -0.15) is 0 Å².